The predicted octanol–water partition coefficient (Wildman–Crippen LogP) is 3.68. The fraction of sp³-hybridized carbons (Fsp3) is 0.188. The lowest BCUT2D eigenvalue weighted by atomic mass is 10.1. The number of rotatable bonds is 3. The van der Waals surface area contributed by atoms with Crippen LogP contribution in [-0.2, 0) is 0 Å². The molecule has 0 aliphatic heterocycles. The molecule has 0 amide bonds. The average Bonchev–Trinajstić information content (AvgIpc) is 2.41. The van der Waals surface area contributed by atoms with Crippen molar-refractivity contribution in [1.29, 1.82) is 5.26 Å². The van der Waals surface area contributed by atoms with Gasteiger partial charge < -0.3 is 10.2 Å². The van der Waals surface area contributed by atoms with Crippen LogP contribution in [0, 0.1) is 18.3 Å². The van der Waals surface area contributed by atoms with Crippen LogP contribution in [0.2, 0.25) is 0 Å². The maximum absolute atomic E-state index is 8.90. The number of nitriles is 1. The summed E-state index contributed by atoms with van der Waals surface area (Å²) in [4.78, 5) is 2.09. The minimum absolute atomic E-state index is 0.657. The largest absolute Gasteiger partial charge is 0.377 e. The minimum atomic E-state index is 0.657. The summed E-state index contributed by atoms with van der Waals surface area (Å²) in [5.74, 6) is 0. The van der Waals surface area contributed by atoms with E-state index in [4.69, 9.17) is 5.26 Å². The van der Waals surface area contributed by atoms with Gasteiger partial charge in [0.1, 0.15) is 0 Å². The Morgan fingerprint density at radius 2 is 1.79 bits per heavy atom. The molecule has 19 heavy (non-hydrogen) atoms. The third-order valence-electron chi connectivity index (χ3n) is 2.97. The molecule has 0 heterocycles. The summed E-state index contributed by atoms with van der Waals surface area (Å²) in [5, 5.41) is 12.2. The quantitative estimate of drug-likeness (QED) is 0.904. The molecule has 0 unspecified atom stereocenters. The number of benzene rings is 2. The van der Waals surface area contributed by atoms with Gasteiger partial charge in [0.2, 0.25) is 0 Å². The molecular weight excluding hydrogens is 234 g/mol. The van der Waals surface area contributed by atoms with E-state index >= 15 is 0 Å². The Morgan fingerprint density at radius 3 is 2.47 bits per heavy atom. The van der Waals surface area contributed by atoms with Crippen LogP contribution in [-0.4, -0.2) is 14.1 Å². The normalized spacial score (nSPS) is 9.79. The Balaban J connectivity index is 2.28. The van der Waals surface area contributed by atoms with E-state index in [9.17, 15) is 0 Å². The van der Waals surface area contributed by atoms with Gasteiger partial charge in [0.05, 0.1) is 11.6 Å². The molecule has 1 N–H and O–H groups in total. The van der Waals surface area contributed by atoms with E-state index in [1.807, 2.05) is 38.4 Å². The first kappa shape index (κ1) is 13.0. The van der Waals surface area contributed by atoms with Gasteiger partial charge in [-0.2, -0.15) is 5.26 Å². The number of hydrogen-bond acceptors (Lipinski definition) is 3. The van der Waals surface area contributed by atoms with Crippen LogP contribution in [0.4, 0.5) is 17.1 Å². The van der Waals surface area contributed by atoms with Crippen molar-refractivity contribution in [3.05, 3.63) is 53.6 Å². The molecule has 2 aromatic carbocycles. The highest BCUT2D eigenvalue weighted by Crippen LogP contribution is 2.25. The third kappa shape index (κ3) is 3.05. The van der Waals surface area contributed by atoms with Crippen LogP contribution in [0.25, 0.3) is 0 Å². The Labute approximate surface area is 114 Å². The van der Waals surface area contributed by atoms with Crippen LogP contribution in [0.1, 0.15) is 11.1 Å². The molecule has 0 radical (unpaired) electrons. The van der Waals surface area contributed by atoms with Gasteiger partial charge in [-0.05, 0) is 42.8 Å². The van der Waals surface area contributed by atoms with Crippen molar-refractivity contribution in [2.45, 2.75) is 6.92 Å². The van der Waals surface area contributed by atoms with Crippen LogP contribution in [0.5, 0.6) is 0 Å². The lowest BCUT2D eigenvalue weighted by molar-refractivity contribution is 1.11. The monoisotopic (exact) mass is 251 g/mol. The van der Waals surface area contributed by atoms with Crippen molar-refractivity contribution in [1.82, 2.24) is 0 Å². The molecule has 0 aliphatic carbocycles. The summed E-state index contributed by atoms with van der Waals surface area (Å²) < 4.78 is 0. The van der Waals surface area contributed by atoms with E-state index in [0.29, 0.717) is 5.56 Å². The second-order valence-electron chi connectivity index (χ2n) is 4.71. The van der Waals surface area contributed by atoms with E-state index in [1.165, 1.54) is 11.3 Å². The van der Waals surface area contributed by atoms with Gasteiger partial charge in [-0.15, -0.1) is 0 Å². The molecular formula is C16H17N3. The van der Waals surface area contributed by atoms with Crippen molar-refractivity contribution in [2.75, 3.05) is 24.3 Å². The Kier molecular flexibility index (Phi) is 3.72. The maximum Gasteiger partial charge on any atom is 0.0992 e. The first-order chi connectivity index (χ1) is 9.10. The molecule has 3 nitrogen and oxygen atoms in total. The van der Waals surface area contributed by atoms with Gasteiger partial charge in [0.15, 0.2) is 0 Å². The Morgan fingerprint density at radius 1 is 1.05 bits per heavy atom. The zero-order chi connectivity index (χ0) is 13.8. The van der Waals surface area contributed by atoms with E-state index in [-0.39, 0.29) is 0 Å². The van der Waals surface area contributed by atoms with Crippen LogP contribution < -0.4 is 10.2 Å². The van der Waals surface area contributed by atoms with Gasteiger partial charge in [0.25, 0.3) is 0 Å². The van der Waals surface area contributed by atoms with Crippen LogP contribution in [0.3, 0.4) is 0 Å². The molecule has 0 fully saturated rings. The SMILES string of the molecule is Cc1ccc(Nc2cccc(C#N)c2)cc1N(C)C. The summed E-state index contributed by atoms with van der Waals surface area (Å²) in [6.45, 7) is 2.09. The van der Waals surface area contributed by atoms with Gasteiger partial charge in [0, 0.05) is 31.2 Å². The topological polar surface area (TPSA) is 39.1 Å². The fourth-order valence-corrected chi connectivity index (χ4v) is 2.00. The van der Waals surface area contributed by atoms with Gasteiger partial charge in [-0.1, -0.05) is 12.1 Å². The average molecular weight is 251 g/mol. The second-order valence-corrected chi connectivity index (χ2v) is 4.71. The van der Waals surface area contributed by atoms with Crippen LogP contribution >= 0.6 is 0 Å². The zero-order valence-corrected chi connectivity index (χ0v) is 11.4. The number of hydrogen-bond donors (Lipinski definition) is 1. The molecule has 0 saturated carbocycles. The molecule has 3 heteroatoms. The highest BCUT2D eigenvalue weighted by atomic mass is 15.1. The van der Waals surface area contributed by atoms with Crippen molar-refractivity contribution in [3.63, 3.8) is 0 Å². The lowest BCUT2D eigenvalue weighted by Crippen LogP contribution is -2.10. The molecule has 2 rings (SSSR count). The Hall–Kier alpha value is -2.47. The van der Waals surface area contributed by atoms with Crippen molar-refractivity contribution < 1.29 is 0 Å². The van der Waals surface area contributed by atoms with E-state index in [0.717, 1.165) is 11.4 Å². The zero-order valence-electron chi connectivity index (χ0n) is 11.4. The molecule has 0 saturated heterocycles. The number of nitrogens with zero attached hydrogens (tertiary/aromatic N) is 2. The van der Waals surface area contributed by atoms with E-state index < -0.39 is 0 Å². The maximum atomic E-state index is 8.90. The van der Waals surface area contributed by atoms with Gasteiger partial charge >= 0.3 is 0 Å². The molecule has 2 aromatic rings. The van der Waals surface area contributed by atoms with Crippen molar-refractivity contribution in [3.8, 4) is 6.07 Å². The fourth-order valence-electron chi connectivity index (χ4n) is 2.00. The second kappa shape index (κ2) is 5.45. The molecule has 0 atom stereocenters. The molecule has 96 valence electrons. The standard InChI is InChI=1S/C16H17N3/c1-12-7-8-15(10-16(12)19(2)3)18-14-6-4-5-13(9-14)11-17/h4-10,18H,1-3H3. The van der Waals surface area contributed by atoms with E-state index in [1.54, 1.807) is 6.07 Å². The number of aryl methyl sites for hydroxylation is 1. The summed E-state index contributed by atoms with van der Waals surface area (Å²) in [6, 6.07) is 15.9. The first-order valence-corrected chi connectivity index (χ1v) is 6.15. The summed E-state index contributed by atoms with van der Waals surface area (Å²) >= 11 is 0. The highest BCUT2D eigenvalue weighted by molar-refractivity contribution is 5.67. The van der Waals surface area contributed by atoms with Crippen molar-refractivity contribution in [2.24, 2.45) is 0 Å². The van der Waals surface area contributed by atoms with Gasteiger partial charge in [-0.25, -0.2) is 0 Å². The summed E-state index contributed by atoms with van der Waals surface area (Å²) in [6.07, 6.45) is 0. The number of nitrogens with one attached hydrogen (secondary N) is 1. The number of anilines is 3. The lowest BCUT2D eigenvalue weighted by Gasteiger charge is -2.17. The first-order valence-electron chi connectivity index (χ1n) is 6.15. The van der Waals surface area contributed by atoms with E-state index in [2.05, 4.69) is 35.3 Å². The highest BCUT2D eigenvalue weighted by Gasteiger charge is 2.03. The van der Waals surface area contributed by atoms with Crippen LogP contribution in [0.15, 0.2) is 42.5 Å². The predicted molar refractivity (Wildman–Crippen MR) is 79.9 cm³/mol. The Bertz CT molecular complexity index is 624. The molecule has 0 aliphatic rings. The minimum Gasteiger partial charge on any atom is -0.377 e. The molecule has 0 bridgehead atoms. The van der Waals surface area contributed by atoms with Crippen molar-refractivity contribution >= 4 is 17.1 Å². The summed E-state index contributed by atoms with van der Waals surface area (Å²) in [5.41, 5.74) is 5.02. The molecule has 0 aromatic heterocycles. The molecule has 0 spiro atoms. The smallest absolute Gasteiger partial charge is 0.0992 e. The third-order valence-corrected chi connectivity index (χ3v) is 2.97. The van der Waals surface area contributed by atoms with Gasteiger partial charge in [-0.3, -0.25) is 0 Å². The summed E-state index contributed by atoms with van der Waals surface area (Å²) in [7, 11) is 4.06.